The summed E-state index contributed by atoms with van der Waals surface area (Å²) in [6.45, 7) is 6.45. The van der Waals surface area contributed by atoms with Crippen LogP contribution in [0.1, 0.15) is 56.2 Å². The van der Waals surface area contributed by atoms with Crippen LogP contribution in [-0.4, -0.2) is 54.5 Å². The van der Waals surface area contributed by atoms with Crippen molar-refractivity contribution in [1.82, 2.24) is 15.1 Å². The van der Waals surface area contributed by atoms with E-state index in [1.807, 2.05) is 18.2 Å². The third kappa shape index (κ3) is 5.06. The monoisotopic (exact) mass is 354 g/mol. The fourth-order valence-corrected chi connectivity index (χ4v) is 4.11. The molecule has 1 heterocycles. The van der Waals surface area contributed by atoms with Gasteiger partial charge in [-0.25, -0.2) is 0 Å². The highest BCUT2D eigenvalue weighted by molar-refractivity contribution is 5.78. The molecule has 1 N–H and O–H groups in total. The number of carbonyl (C=O) groups is 1. The van der Waals surface area contributed by atoms with Gasteiger partial charge in [-0.3, -0.25) is 14.6 Å². The van der Waals surface area contributed by atoms with Crippen LogP contribution in [0.4, 0.5) is 0 Å². The Morgan fingerprint density at radius 2 is 1.96 bits per heavy atom. The average Bonchev–Trinajstić information content (AvgIpc) is 2.69. The highest BCUT2D eigenvalue weighted by atomic mass is 16.2. The van der Waals surface area contributed by atoms with E-state index < -0.39 is 0 Å². The van der Waals surface area contributed by atoms with E-state index in [0.29, 0.717) is 24.2 Å². The summed E-state index contributed by atoms with van der Waals surface area (Å²) in [7, 11) is 0. The van der Waals surface area contributed by atoms with Crippen LogP contribution in [0.3, 0.4) is 0 Å². The number of nitrogens with zero attached hydrogens (tertiary/aromatic N) is 3. The number of nitrogens with one attached hydrogen (secondary N) is 1. The van der Waals surface area contributed by atoms with Crippen LogP contribution in [0.15, 0.2) is 24.3 Å². The number of nitriles is 1. The van der Waals surface area contributed by atoms with Gasteiger partial charge < -0.3 is 5.32 Å². The lowest BCUT2D eigenvalue weighted by Gasteiger charge is -2.38. The molecule has 2 aliphatic rings. The molecule has 0 radical (unpaired) electrons. The van der Waals surface area contributed by atoms with Crippen molar-refractivity contribution in [1.29, 1.82) is 5.26 Å². The maximum Gasteiger partial charge on any atom is 0.234 e. The first-order chi connectivity index (χ1) is 12.7. The third-order valence-corrected chi connectivity index (χ3v) is 5.79. The van der Waals surface area contributed by atoms with E-state index in [0.717, 1.165) is 39.0 Å². The Kier molecular flexibility index (Phi) is 6.65. The van der Waals surface area contributed by atoms with Gasteiger partial charge in [-0.15, -0.1) is 0 Å². The van der Waals surface area contributed by atoms with Crippen LogP contribution in [0.5, 0.6) is 0 Å². The van der Waals surface area contributed by atoms with Crippen LogP contribution < -0.4 is 5.32 Å². The molecule has 0 aromatic heterocycles. The SMILES string of the molecule is CC(c1cccc(C#N)c1)N1CCN(CC(=O)NC2CCCCC2)CC1. The van der Waals surface area contributed by atoms with Gasteiger partial charge in [-0.05, 0) is 37.5 Å². The lowest BCUT2D eigenvalue weighted by molar-refractivity contribution is -0.123. The molecule has 0 bridgehead atoms. The molecule has 1 aliphatic carbocycles. The van der Waals surface area contributed by atoms with Gasteiger partial charge >= 0.3 is 0 Å². The molecular weight excluding hydrogens is 324 g/mol. The van der Waals surface area contributed by atoms with Crippen LogP contribution >= 0.6 is 0 Å². The second-order valence-corrected chi connectivity index (χ2v) is 7.63. The molecule has 2 fully saturated rings. The largest absolute Gasteiger partial charge is 0.352 e. The van der Waals surface area contributed by atoms with Crippen LogP contribution in [0, 0.1) is 11.3 Å². The highest BCUT2D eigenvalue weighted by Gasteiger charge is 2.24. The van der Waals surface area contributed by atoms with Crippen LogP contribution in [0.25, 0.3) is 0 Å². The highest BCUT2D eigenvalue weighted by Crippen LogP contribution is 2.22. The summed E-state index contributed by atoms with van der Waals surface area (Å²) in [6, 6.07) is 10.8. The maximum atomic E-state index is 12.3. The molecule has 1 atom stereocenters. The van der Waals surface area contributed by atoms with Crippen molar-refractivity contribution in [2.75, 3.05) is 32.7 Å². The zero-order valence-electron chi connectivity index (χ0n) is 15.8. The maximum absolute atomic E-state index is 12.3. The summed E-state index contributed by atoms with van der Waals surface area (Å²) >= 11 is 0. The predicted molar refractivity (Wildman–Crippen MR) is 103 cm³/mol. The molecular formula is C21H30N4O. The lowest BCUT2D eigenvalue weighted by Crippen LogP contribution is -2.51. The Bertz CT molecular complexity index is 640. The van der Waals surface area contributed by atoms with Crippen molar-refractivity contribution < 1.29 is 4.79 Å². The number of hydrogen-bond donors (Lipinski definition) is 1. The zero-order valence-corrected chi connectivity index (χ0v) is 15.8. The van der Waals surface area contributed by atoms with E-state index in [1.165, 1.54) is 24.8 Å². The van der Waals surface area contributed by atoms with Crippen molar-refractivity contribution in [3.8, 4) is 6.07 Å². The van der Waals surface area contributed by atoms with Crippen molar-refractivity contribution in [3.63, 3.8) is 0 Å². The van der Waals surface area contributed by atoms with E-state index in [4.69, 9.17) is 5.26 Å². The summed E-state index contributed by atoms with van der Waals surface area (Å²) in [5.74, 6) is 0.181. The molecule has 26 heavy (non-hydrogen) atoms. The normalized spacial score (nSPS) is 21.1. The summed E-state index contributed by atoms with van der Waals surface area (Å²) in [4.78, 5) is 17.0. The summed E-state index contributed by atoms with van der Waals surface area (Å²) in [5, 5.41) is 12.3. The number of hydrogen-bond acceptors (Lipinski definition) is 4. The molecule has 1 unspecified atom stereocenters. The molecule has 3 rings (SSSR count). The van der Waals surface area contributed by atoms with Crippen LogP contribution in [0.2, 0.25) is 0 Å². The van der Waals surface area contributed by atoms with E-state index in [2.05, 4.69) is 34.2 Å². The number of benzene rings is 1. The summed E-state index contributed by atoms with van der Waals surface area (Å²) < 4.78 is 0. The van der Waals surface area contributed by atoms with Crippen molar-refractivity contribution in [2.45, 2.75) is 51.1 Å². The van der Waals surface area contributed by atoms with Crippen molar-refractivity contribution >= 4 is 5.91 Å². The minimum atomic E-state index is 0.181. The average molecular weight is 354 g/mol. The number of amides is 1. The first-order valence-electron chi connectivity index (χ1n) is 9.91. The minimum Gasteiger partial charge on any atom is -0.352 e. The fraction of sp³-hybridized carbons (Fsp3) is 0.619. The van der Waals surface area contributed by atoms with Gasteiger partial charge in [0.15, 0.2) is 0 Å². The summed E-state index contributed by atoms with van der Waals surface area (Å²) in [6.07, 6.45) is 6.07. The molecule has 1 amide bonds. The van der Waals surface area contributed by atoms with Crippen molar-refractivity contribution in [2.24, 2.45) is 0 Å². The van der Waals surface area contributed by atoms with E-state index in [-0.39, 0.29) is 5.91 Å². The lowest BCUT2D eigenvalue weighted by atomic mass is 9.95. The van der Waals surface area contributed by atoms with Gasteiger partial charge in [-0.1, -0.05) is 31.4 Å². The van der Waals surface area contributed by atoms with Crippen molar-refractivity contribution in [3.05, 3.63) is 35.4 Å². The molecule has 1 saturated heterocycles. The Morgan fingerprint density at radius 1 is 1.23 bits per heavy atom. The van der Waals surface area contributed by atoms with Gasteiger partial charge in [0.2, 0.25) is 5.91 Å². The molecule has 1 aromatic rings. The van der Waals surface area contributed by atoms with E-state index in [9.17, 15) is 4.79 Å². The molecule has 1 aliphatic heterocycles. The minimum absolute atomic E-state index is 0.181. The van der Waals surface area contributed by atoms with Gasteiger partial charge in [0.05, 0.1) is 18.2 Å². The summed E-state index contributed by atoms with van der Waals surface area (Å²) in [5.41, 5.74) is 1.90. The second-order valence-electron chi connectivity index (χ2n) is 7.63. The van der Waals surface area contributed by atoms with Gasteiger partial charge in [0, 0.05) is 38.3 Å². The number of rotatable bonds is 5. The Labute approximate surface area is 157 Å². The molecule has 0 spiro atoms. The standard InChI is InChI=1S/C21H30N4O/c1-17(19-7-5-6-18(14-19)15-22)25-12-10-24(11-13-25)16-21(26)23-20-8-3-2-4-9-20/h5-7,14,17,20H,2-4,8-13,16H2,1H3,(H,23,26). The Hall–Kier alpha value is -1.90. The number of carbonyl (C=O) groups excluding carboxylic acids is 1. The Balaban J connectivity index is 1.44. The fourth-order valence-electron chi connectivity index (χ4n) is 4.11. The first-order valence-corrected chi connectivity index (χ1v) is 9.91. The van der Waals surface area contributed by atoms with E-state index in [1.54, 1.807) is 0 Å². The van der Waals surface area contributed by atoms with Crippen LogP contribution in [-0.2, 0) is 4.79 Å². The molecule has 5 nitrogen and oxygen atoms in total. The quantitative estimate of drug-likeness (QED) is 0.883. The number of piperazine rings is 1. The second kappa shape index (κ2) is 9.16. The first kappa shape index (κ1) is 18.9. The van der Waals surface area contributed by atoms with E-state index >= 15 is 0 Å². The molecule has 5 heteroatoms. The molecule has 1 aromatic carbocycles. The molecule has 1 saturated carbocycles. The molecule has 140 valence electrons. The third-order valence-electron chi connectivity index (χ3n) is 5.79. The van der Waals surface area contributed by atoms with Gasteiger partial charge in [0.25, 0.3) is 0 Å². The predicted octanol–water partition coefficient (Wildman–Crippen LogP) is 2.69. The Morgan fingerprint density at radius 3 is 2.65 bits per heavy atom. The van der Waals surface area contributed by atoms with Gasteiger partial charge in [0.1, 0.15) is 0 Å². The topological polar surface area (TPSA) is 59.4 Å². The smallest absolute Gasteiger partial charge is 0.234 e. The van der Waals surface area contributed by atoms with Gasteiger partial charge in [-0.2, -0.15) is 5.26 Å². The zero-order chi connectivity index (χ0) is 18.4.